The second-order valence-electron chi connectivity index (χ2n) is 4.53. The molecule has 2 heterocycles. The number of nitriles is 1. The highest BCUT2D eigenvalue weighted by atomic mass is 32.2. The van der Waals surface area contributed by atoms with Gasteiger partial charge in [0.2, 0.25) is 0 Å². The number of thioether (sulfide) groups is 1. The average Bonchev–Trinajstić information content (AvgIpc) is 2.84. The molecule has 2 rings (SSSR count). The molecule has 2 aromatic rings. The Morgan fingerprint density at radius 1 is 1.60 bits per heavy atom. The maximum atomic E-state index is 12.5. The predicted molar refractivity (Wildman–Crippen MR) is 78.8 cm³/mol. The fourth-order valence-corrected chi connectivity index (χ4v) is 2.49. The molecule has 0 aromatic carbocycles. The van der Waals surface area contributed by atoms with Crippen molar-refractivity contribution >= 4 is 23.2 Å². The van der Waals surface area contributed by atoms with Crippen LogP contribution in [0.3, 0.4) is 0 Å². The maximum Gasteiger partial charge on any atom is 0.274 e. The fraction of sp³-hybridized carbons (Fsp3) is 0.357. The van der Waals surface area contributed by atoms with Crippen LogP contribution in [0.5, 0.6) is 0 Å². The van der Waals surface area contributed by atoms with Gasteiger partial charge in [-0.1, -0.05) is 17.8 Å². The second-order valence-corrected chi connectivity index (χ2v) is 5.30. The van der Waals surface area contributed by atoms with E-state index in [1.54, 1.807) is 11.9 Å². The van der Waals surface area contributed by atoms with Crippen molar-refractivity contribution in [3.05, 3.63) is 30.1 Å². The summed E-state index contributed by atoms with van der Waals surface area (Å²) in [5, 5.41) is 9.52. The van der Waals surface area contributed by atoms with Crippen molar-refractivity contribution in [1.82, 2.24) is 14.3 Å². The molecule has 1 unspecified atom stereocenters. The highest BCUT2D eigenvalue weighted by Crippen LogP contribution is 2.21. The van der Waals surface area contributed by atoms with Crippen LogP contribution in [-0.2, 0) is 0 Å². The molecule has 5 nitrogen and oxygen atoms in total. The van der Waals surface area contributed by atoms with Gasteiger partial charge >= 0.3 is 0 Å². The smallest absolute Gasteiger partial charge is 0.274 e. The Morgan fingerprint density at radius 3 is 3.00 bits per heavy atom. The number of carbonyl (C=O) groups is 1. The van der Waals surface area contributed by atoms with Gasteiger partial charge in [-0.15, -0.1) is 0 Å². The minimum Gasteiger partial charge on any atom is -0.337 e. The first-order chi connectivity index (χ1) is 9.60. The van der Waals surface area contributed by atoms with Crippen molar-refractivity contribution in [2.75, 3.05) is 13.3 Å². The van der Waals surface area contributed by atoms with Crippen LogP contribution in [0.4, 0.5) is 0 Å². The summed E-state index contributed by atoms with van der Waals surface area (Å²) in [7, 11) is 1.71. The van der Waals surface area contributed by atoms with Crippen molar-refractivity contribution in [3.63, 3.8) is 0 Å². The van der Waals surface area contributed by atoms with Gasteiger partial charge < -0.3 is 4.90 Å². The molecule has 20 heavy (non-hydrogen) atoms. The largest absolute Gasteiger partial charge is 0.337 e. The van der Waals surface area contributed by atoms with Gasteiger partial charge in [-0.05, 0) is 25.3 Å². The van der Waals surface area contributed by atoms with E-state index in [9.17, 15) is 4.79 Å². The third-order valence-corrected chi connectivity index (χ3v) is 3.92. The molecule has 0 saturated carbocycles. The Morgan fingerprint density at radius 2 is 2.35 bits per heavy atom. The van der Waals surface area contributed by atoms with Gasteiger partial charge in [-0.3, -0.25) is 9.20 Å². The zero-order valence-corrected chi connectivity index (χ0v) is 12.5. The number of amides is 1. The normalized spacial score (nSPS) is 12.1. The molecule has 104 valence electrons. The van der Waals surface area contributed by atoms with E-state index in [1.807, 2.05) is 42.0 Å². The number of aromatic nitrogens is 2. The summed E-state index contributed by atoms with van der Waals surface area (Å²) in [6, 6.07) is 7.62. The Kier molecular flexibility index (Phi) is 4.30. The van der Waals surface area contributed by atoms with Crippen molar-refractivity contribution in [2.24, 2.45) is 0 Å². The van der Waals surface area contributed by atoms with Gasteiger partial charge in [0, 0.05) is 19.3 Å². The first-order valence-electron chi connectivity index (χ1n) is 6.25. The summed E-state index contributed by atoms with van der Waals surface area (Å²) in [6.07, 6.45) is 4.13. The Hall–Kier alpha value is -2.00. The summed E-state index contributed by atoms with van der Waals surface area (Å²) >= 11 is 1.50. The molecule has 1 atom stereocenters. The predicted octanol–water partition coefficient (Wildman–Crippen LogP) is 2.43. The SMILES string of the molecule is CSc1nc(C(=O)N(C)C(C)CC#N)c2ccccn12. The van der Waals surface area contributed by atoms with Crippen LogP contribution in [0.15, 0.2) is 29.6 Å². The third kappa shape index (κ3) is 2.49. The minimum absolute atomic E-state index is 0.134. The molecule has 0 fully saturated rings. The summed E-state index contributed by atoms with van der Waals surface area (Å²) in [5.41, 5.74) is 1.22. The van der Waals surface area contributed by atoms with Gasteiger partial charge in [0.15, 0.2) is 10.9 Å². The lowest BCUT2D eigenvalue weighted by Gasteiger charge is -2.21. The van der Waals surface area contributed by atoms with E-state index in [4.69, 9.17) is 5.26 Å². The molecule has 0 aliphatic heterocycles. The van der Waals surface area contributed by atoms with Crippen molar-refractivity contribution in [3.8, 4) is 6.07 Å². The minimum atomic E-state index is -0.156. The van der Waals surface area contributed by atoms with Crippen molar-refractivity contribution in [1.29, 1.82) is 5.26 Å². The average molecular weight is 288 g/mol. The molecule has 0 saturated heterocycles. The summed E-state index contributed by atoms with van der Waals surface area (Å²) in [4.78, 5) is 18.5. The maximum absolute atomic E-state index is 12.5. The first kappa shape index (κ1) is 14.4. The second kappa shape index (κ2) is 5.97. The van der Waals surface area contributed by atoms with Crippen LogP contribution in [0.2, 0.25) is 0 Å². The number of nitrogens with zero attached hydrogens (tertiary/aromatic N) is 4. The van der Waals surface area contributed by atoms with Gasteiger partial charge in [-0.2, -0.15) is 5.26 Å². The molecule has 0 radical (unpaired) electrons. The summed E-state index contributed by atoms with van der Waals surface area (Å²) in [6.45, 7) is 1.86. The zero-order valence-electron chi connectivity index (χ0n) is 11.7. The molecule has 6 heteroatoms. The zero-order chi connectivity index (χ0) is 14.7. The highest BCUT2D eigenvalue weighted by molar-refractivity contribution is 7.98. The van der Waals surface area contributed by atoms with E-state index in [0.717, 1.165) is 10.7 Å². The van der Waals surface area contributed by atoms with Gasteiger partial charge in [0.1, 0.15) is 0 Å². The van der Waals surface area contributed by atoms with Crippen LogP contribution in [-0.4, -0.2) is 39.5 Å². The molecule has 0 aliphatic rings. The van der Waals surface area contributed by atoms with Gasteiger partial charge in [0.05, 0.1) is 18.0 Å². The third-order valence-electron chi connectivity index (χ3n) is 3.27. The lowest BCUT2D eigenvalue weighted by atomic mass is 10.2. The molecule has 0 spiro atoms. The Balaban J connectivity index is 2.43. The number of hydrogen-bond donors (Lipinski definition) is 0. The van der Waals surface area contributed by atoms with E-state index < -0.39 is 0 Å². The quantitative estimate of drug-likeness (QED) is 0.811. The van der Waals surface area contributed by atoms with E-state index in [1.165, 1.54) is 11.8 Å². The summed E-state index contributed by atoms with van der Waals surface area (Å²) < 4.78 is 1.90. The monoisotopic (exact) mass is 288 g/mol. The van der Waals surface area contributed by atoms with Crippen molar-refractivity contribution < 1.29 is 4.79 Å². The van der Waals surface area contributed by atoms with Crippen LogP contribution in [0, 0.1) is 11.3 Å². The lowest BCUT2D eigenvalue weighted by Crippen LogP contribution is -2.35. The first-order valence-corrected chi connectivity index (χ1v) is 7.47. The van der Waals surface area contributed by atoms with Crippen LogP contribution in [0.1, 0.15) is 23.8 Å². The highest BCUT2D eigenvalue weighted by Gasteiger charge is 2.23. The fourth-order valence-electron chi connectivity index (χ4n) is 1.95. The van der Waals surface area contributed by atoms with E-state index in [-0.39, 0.29) is 11.9 Å². The molecule has 1 amide bonds. The molecule has 2 aromatic heterocycles. The Bertz CT molecular complexity index is 673. The van der Waals surface area contributed by atoms with Crippen LogP contribution in [0.25, 0.3) is 5.52 Å². The van der Waals surface area contributed by atoms with Crippen molar-refractivity contribution in [2.45, 2.75) is 24.5 Å². The van der Waals surface area contributed by atoms with Gasteiger partial charge in [-0.25, -0.2) is 4.98 Å². The lowest BCUT2D eigenvalue weighted by molar-refractivity contribution is 0.0742. The summed E-state index contributed by atoms with van der Waals surface area (Å²) in [5.74, 6) is -0.156. The number of hydrogen-bond acceptors (Lipinski definition) is 4. The number of pyridine rings is 1. The Labute approximate surface area is 122 Å². The molecular weight excluding hydrogens is 272 g/mol. The van der Waals surface area contributed by atoms with E-state index in [2.05, 4.69) is 11.1 Å². The van der Waals surface area contributed by atoms with Crippen LogP contribution < -0.4 is 0 Å². The molecular formula is C14H16N4OS. The van der Waals surface area contributed by atoms with E-state index >= 15 is 0 Å². The van der Waals surface area contributed by atoms with E-state index in [0.29, 0.717) is 12.1 Å². The molecule has 0 bridgehead atoms. The van der Waals surface area contributed by atoms with Crippen LogP contribution >= 0.6 is 11.8 Å². The number of imidazole rings is 1. The standard InChI is InChI=1S/C14H16N4OS/c1-10(7-8-15)17(2)13(19)12-11-6-4-5-9-18(11)14(16-12)20-3/h4-6,9-10H,7H2,1-3H3. The topological polar surface area (TPSA) is 61.4 Å². The molecule has 0 N–H and O–H groups in total. The number of carbonyl (C=O) groups excluding carboxylic acids is 1. The number of fused-ring (bicyclic) bond motifs is 1. The van der Waals surface area contributed by atoms with Gasteiger partial charge in [0.25, 0.3) is 5.91 Å². The molecule has 0 aliphatic carbocycles. The number of rotatable bonds is 4.